The van der Waals surface area contributed by atoms with E-state index in [0.717, 1.165) is 37.0 Å². The standard InChI is InChI=1S/C21H25FN6O/c22-13-2-1-3-14(8-13)26-19-9-17(20(23)15-6-7-24-11-18(15)29)27-21-16(12-4-5-12)10-25-28(19)21/h1-3,8-10,12,15,18,20,24,26,29H,4-7,11,23H2/t15-,18+,20?/m0/s1. The molecule has 1 aromatic carbocycles. The summed E-state index contributed by atoms with van der Waals surface area (Å²) in [4.78, 5) is 4.86. The van der Waals surface area contributed by atoms with E-state index in [0.29, 0.717) is 29.7 Å². The number of aliphatic hydroxyl groups is 1. The third kappa shape index (κ3) is 3.59. The lowest BCUT2D eigenvalue weighted by atomic mass is 9.86. The van der Waals surface area contributed by atoms with Gasteiger partial charge in [0.2, 0.25) is 0 Å². The number of piperidine rings is 1. The highest BCUT2D eigenvalue weighted by molar-refractivity contribution is 5.62. The van der Waals surface area contributed by atoms with E-state index < -0.39 is 12.1 Å². The van der Waals surface area contributed by atoms with Gasteiger partial charge in [-0.25, -0.2) is 9.37 Å². The summed E-state index contributed by atoms with van der Waals surface area (Å²) in [6.45, 7) is 1.36. The highest BCUT2D eigenvalue weighted by Gasteiger charge is 2.32. The van der Waals surface area contributed by atoms with E-state index >= 15 is 0 Å². The SMILES string of the molecule is NC(c1cc(Nc2cccc(F)c2)n2ncc(C3CC3)c2n1)[C@H]1CCNC[C@H]1O. The first-order valence-electron chi connectivity index (χ1n) is 10.2. The Morgan fingerprint density at radius 1 is 1.28 bits per heavy atom. The quantitative estimate of drug-likeness (QED) is 0.529. The molecule has 1 saturated carbocycles. The second-order valence-corrected chi connectivity index (χ2v) is 8.06. The Morgan fingerprint density at radius 3 is 2.90 bits per heavy atom. The Bertz CT molecular complexity index is 1030. The molecular weight excluding hydrogens is 371 g/mol. The number of nitrogens with one attached hydrogen (secondary N) is 2. The predicted octanol–water partition coefficient (Wildman–Crippen LogP) is 2.46. The summed E-state index contributed by atoms with van der Waals surface area (Å²) in [6.07, 6.45) is 4.42. The molecule has 1 aliphatic heterocycles. The number of benzene rings is 1. The number of hydrogen-bond donors (Lipinski definition) is 4. The summed E-state index contributed by atoms with van der Waals surface area (Å²) in [5.41, 5.74) is 9.82. The van der Waals surface area contributed by atoms with E-state index in [2.05, 4.69) is 15.7 Å². The minimum absolute atomic E-state index is 0.0690. The lowest BCUT2D eigenvalue weighted by Gasteiger charge is -2.32. The summed E-state index contributed by atoms with van der Waals surface area (Å²) in [6, 6.07) is 7.78. The zero-order valence-electron chi connectivity index (χ0n) is 16.1. The monoisotopic (exact) mass is 396 g/mol. The number of anilines is 2. The first-order valence-corrected chi connectivity index (χ1v) is 10.2. The molecule has 7 nitrogen and oxygen atoms in total. The summed E-state index contributed by atoms with van der Waals surface area (Å²) < 4.78 is 15.4. The molecular formula is C21H25FN6O. The molecule has 0 spiro atoms. The molecule has 0 radical (unpaired) electrons. The van der Waals surface area contributed by atoms with Gasteiger partial charge in [-0.2, -0.15) is 9.61 Å². The van der Waals surface area contributed by atoms with Crippen LogP contribution in [0.15, 0.2) is 36.5 Å². The van der Waals surface area contributed by atoms with Crippen LogP contribution in [0, 0.1) is 11.7 Å². The first-order chi connectivity index (χ1) is 14.1. The number of fused-ring (bicyclic) bond motifs is 1. The summed E-state index contributed by atoms with van der Waals surface area (Å²) in [7, 11) is 0. The van der Waals surface area contributed by atoms with E-state index in [4.69, 9.17) is 10.7 Å². The van der Waals surface area contributed by atoms with Crippen molar-refractivity contribution in [3.05, 3.63) is 53.6 Å². The van der Waals surface area contributed by atoms with E-state index in [1.165, 1.54) is 12.1 Å². The molecule has 2 fully saturated rings. The zero-order valence-corrected chi connectivity index (χ0v) is 16.1. The van der Waals surface area contributed by atoms with Gasteiger partial charge in [0.25, 0.3) is 0 Å². The van der Waals surface area contributed by atoms with Gasteiger partial charge in [-0.15, -0.1) is 0 Å². The minimum atomic E-state index is -0.510. The fraction of sp³-hybridized carbons (Fsp3) is 0.429. The Kier molecular flexibility index (Phi) is 4.69. The normalized spacial score (nSPS) is 23.3. The molecule has 3 heterocycles. The van der Waals surface area contributed by atoms with Crippen LogP contribution in [0.5, 0.6) is 0 Å². The minimum Gasteiger partial charge on any atom is -0.391 e. The second-order valence-electron chi connectivity index (χ2n) is 8.06. The van der Waals surface area contributed by atoms with Gasteiger partial charge in [0.15, 0.2) is 5.65 Å². The third-order valence-electron chi connectivity index (χ3n) is 5.94. The molecule has 2 aromatic heterocycles. The number of halogens is 1. The van der Waals surface area contributed by atoms with Crippen LogP contribution in [0.4, 0.5) is 15.9 Å². The maximum atomic E-state index is 13.7. The van der Waals surface area contributed by atoms with Crippen LogP contribution < -0.4 is 16.4 Å². The maximum absolute atomic E-state index is 13.7. The first kappa shape index (κ1) is 18.5. The molecule has 1 saturated heterocycles. The highest BCUT2D eigenvalue weighted by atomic mass is 19.1. The molecule has 5 N–H and O–H groups in total. The van der Waals surface area contributed by atoms with Gasteiger partial charge in [-0.1, -0.05) is 6.07 Å². The molecule has 8 heteroatoms. The Hall–Kier alpha value is -2.55. The lowest BCUT2D eigenvalue weighted by Crippen LogP contribution is -2.45. The molecule has 152 valence electrons. The summed E-state index contributed by atoms with van der Waals surface area (Å²) >= 11 is 0. The number of nitrogens with two attached hydrogens (primary N) is 1. The molecule has 3 aromatic rings. The van der Waals surface area contributed by atoms with E-state index in [9.17, 15) is 9.50 Å². The van der Waals surface area contributed by atoms with Crippen molar-refractivity contribution >= 4 is 17.2 Å². The Morgan fingerprint density at radius 2 is 2.14 bits per heavy atom. The number of aromatic nitrogens is 3. The maximum Gasteiger partial charge on any atom is 0.161 e. The van der Waals surface area contributed by atoms with Crippen LogP contribution in [0.1, 0.15) is 42.5 Å². The topological polar surface area (TPSA) is 100 Å². The van der Waals surface area contributed by atoms with Crippen molar-refractivity contribution in [3.8, 4) is 0 Å². The van der Waals surface area contributed by atoms with Crippen molar-refractivity contribution in [3.63, 3.8) is 0 Å². The molecule has 1 aliphatic carbocycles. The van der Waals surface area contributed by atoms with Gasteiger partial charge in [0.1, 0.15) is 11.6 Å². The number of nitrogens with zero attached hydrogens (tertiary/aromatic N) is 3. The van der Waals surface area contributed by atoms with Gasteiger partial charge in [0.05, 0.1) is 24.0 Å². The van der Waals surface area contributed by atoms with E-state index in [1.54, 1.807) is 16.6 Å². The average Bonchev–Trinajstić information content (AvgIpc) is 3.46. The summed E-state index contributed by atoms with van der Waals surface area (Å²) in [5.74, 6) is 0.786. The fourth-order valence-electron chi connectivity index (χ4n) is 4.16. The van der Waals surface area contributed by atoms with Crippen LogP contribution in [-0.2, 0) is 0 Å². The molecule has 2 aliphatic rings. The van der Waals surface area contributed by atoms with Crippen LogP contribution in [-0.4, -0.2) is 38.9 Å². The van der Waals surface area contributed by atoms with Crippen LogP contribution in [0.3, 0.4) is 0 Å². The lowest BCUT2D eigenvalue weighted by molar-refractivity contribution is 0.0666. The van der Waals surface area contributed by atoms with Crippen molar-refractivity contribution in [2.24, 2.45) is 11.7 Å². The molecule has 0 amide bonds. The Balaban J connectivity index is 1.57. The third-order valence-corrected chi connectivity index (χ3v) is 5.94. The van der Waals surface area contributed by atoms with Crippen molar-refractivity contribution in [2.75, 3.05) is 18.4 Å². The molecule has 0 bridgehead atoms. The predicted molar refractivity (Wildman–Crippen MR) is 109 cm³/mol. The molecule has 29 heavy (non-hydrogen) atoms. The van der Waals surface area contributed by atoms with Crippen LogP contribution in [0.25, 0.3) is 5.65 Å². The largest absolute Gasteiger partial charge is 0.391 e. The van der Waals surface area contributed by atoms with Gasteiger partial charge in [-0.05, 0) is 49.9 Å². The fourth-order valence-corrected chi connectivity index (χ4v) is 4.16. The van der Waals surface area contributed by atoms with Crippen molar-refractivity contribution in [1.29, 1.82) is 0 Å². The smallest absolute Gasteiger partial charge is 0.161 e. The average molecular weight is 396 g/mol. The highest BCUT2D eigenvalue weighted by Crippen LogP contribution is 2.42. The number of aliphatic hydroxyl groups excluding tert-OH is 1. The van der Waals surface area contributed by atoms with Gasteiger partial charge >= 0.3 is 0 Å². The van der Waals surface area contributed by atoms with E-state index in [-0.39, 0.29) is 11.7 Å². The number of hydrogen-bond acceptors (Lipinski definition) is 6. The zero-order chi connectivity index (χ0) is 20.0. The molecule has 3 atom stereocenters. The van der Waals surface area contributed by atoms with Crippen molar-refractivity contribution < 1.29 is 9.50 Å². The van der Waals surface area contributed by atoms with E-state index in [1.807, 2.05) is 12.3 Å². The van der Waals surface area contributed by atoms with Gasteiger partial charge in [0, 0.05) is 29.8 Å². The Labute approximate surface area is 168 Å². The van der Waals surface area contributed by atoms with Crippen LogP contribution >= 0.6 is 0 Å². The van der Waals surface area contributed by atoms with Crippen LogP contribution in [0.2, 0.25) is 0 Å². The number of β-amino-alcohol motifs (C(OH)–C–C–N with tert-alkyl or cyclic N) is 1. The van der Waals surface area contributed by atoms with Crippen molar-refractivity contribution in [1.82, 2.24) is 19.9 Å². The summed E-state index contributed by atoms with van der Waals surface area (Å²) in [5, 5.41) is 21.4. The molecule has 1 unspecified atom stereocenters. The van der Waals surface area contributed by atoms with Crippen molar-refractivity contribution in [2.45, 2.75) is 37.3 Å². The van der Waals surface area contributed by atoms with Gasteiger partial charge < -0.3 is 21.5 Å². The second kappa shape index (κ2) is 7.37. The molecule has 5 rings (SSSR count). The van der Waals surface area contributed by atoms with Gasteiger partial charge in [-0.3, -0.25) is 0 Å². The number of rotatable bonds is 5.